The molecule has 0 aliphatic heterocycles. The van der Waals surface area contributed by atoms with Gasteiger partial charge in [0.05, 0.1) is 13.2 Å². The van der Waals surface area contributed by atoms with Gasteiger partial charge in [0.25, 0.3) is 0 Å². The van der Waals surface area contributed by atoms with Gasteiger partial charge in [-0.1, -0.05) is 67.3 Å². The van der Waals surface area contributed by atoms with E-state index in [1.54, 1.807) is 0 Å². The molecule has 0 saturated carbocycles. The largest absolute Gasteiger partial charge is 0.376 e. The van der Waals surface area contributed by atoms with Gasteiger partial charge in [0.1, 0.15) is 0 Å². The summed E-state index contributed by atoms with van der Waals surface area (Å²) in [5, 5.41) is 0. The molecule has 0 saturated heterocycles. The van der Waals surface area contributed by atoms with Crippen LogP contribution in [0.15, 0.2) is 61.2 Å². The number of rotatable bonds is 6. The first-order valence-corrected chi connectivity index (χ1v) is 6.21. The zero-order valence-corrected chi connectivity index (χ0v) is 10.5. The normalized spacial score (nSPS) is 10.2. The Kier molecular flexibility index (Phi) is 4.74. The molecule has 1 heteroatoms. The molecule has 0 amide bonds. The highest BCUT2D eigenvalue weighted by Crippen LogP contribution is 2.08. The maximum Gasteiger partial charge on any atom is 0.0717 e. The summed E-state index contributed by atoms with van der Waals surface area (Å²) in [6.45, 7) is 5.20. The van der Waals surface area contributed by atoms with Crippen molar-refractivity contribution in [2.24, 2.45) is 0 Å². The number of hydrogen-bond donors (Lipinski definition) is 0. The molecule has 0 aliphatic carbocycles. The highest BCUT2D eigenvalue weighted by molar-refractivity contribution is 5.47. The van der Waals surface area contributed by atoms with Gasteiger partial charge in [0, 0.05) is 0 Å². The Morgan fingerprint density at radius 3 is 2.50 bits per heavy atom. The van der Waals surface area contributed by atoms with Gasteiger partial charge < -0.3 is 4.74 Å². The van der Waals surface area contributed by atoms with Crippen molar-refractivity contribution < 1.29 is 4.74 Å². The lowest BCUT2D eigenvalue weighted by Crippen LogP contribution is -1.99. The van der Waals surface area contributed by atoms with Crippen LogP contribution in [0.25, 0.3) is 6.08 Å². The molecule has 0 radical (unpaired) electrons. The lowest BCUT2D eigenvalue weighted by molar-refractivity contribution is 0.124. The number of ether oxygens (including phenoxy) is 1. The first kappa shape index (κ1) is 12.6. The summed E-state index contributed by atoms with van der Waals surface area (Å²) in [4.78, 5) is 0. The standard InChI is InChI=1S/C17H18O/c1-2-15-9-6-10-16(13-15)11-12-18-14-17-7-4-3-5-8-17/h2-10,13H,1,11-12,14H2. The van der Waals surface area contributed by atoms with Crippen LogP contribution in [0.1, 0.15) is 16.7 Å². The quantitative estimate of drug-likeness (QED) is 0.689. The van der Waals surface area contributed by atoms with E-state index in [4.69, 9.17) is 4.74 Å². The molecule has 2 aromatic carbocycles. The average molecular weight is 238 g/mol. The molecule has 0 heterocycles. The molecular weight excluding hydrogens is 220 g/mol. The van der Waals surface area contributed by atoms with Gasteiger partial charge in [-0.15, -0.1) is 0 Å². The van der Waals surface area contributed by atoms with Gasteiger partial charge in [-0.05, 0) is 23.1 Å². The van der Waals surface area contributed by atoms with E-state index >= 15 is 0 Å². The third-order valence-electron chi connectivity index (χ3n) is 2.83. The van der Waals surface area contributed by atoms with E-state index in [-0.39, 0.29) is 0 Å². The second kappa shape index (κ2) is 6.77. The Balaban J connectivity index is 1.76. The summed E-state index contributed by atoms with van der Waals surface area (Å²) < 4.78 is 5.67. The van der Waals surface area contributed by atoms with Crippen molar-refractivity contribution >= 4 is 6.08 Å². The van der Waals surface area contributed by atoms with Crippen LogP contribution in [0.4, 0.5) is 0 Å². The summed E-state index contributed by atoms with van der Waals surface area (Å²) in [7, 11) is 0. The molecule has 92 valence electrons. The zero-order valence-electron chi connectivity index (χ0n) is 10.5. The molecule has 2 aromatic rings. The monoisotopic (exact) mass is 238 g/mol. The second-order valence-electron chi connectivity index (χ2n) is 4.24. The lowest BCUT2D eigenvalue weighted by atomic mass is 10.1. The Morgan fingerprint density at radius 1 is 0.944 bits per heavy atom. The fraction of sp³-hybridized carbons (Fsp3) is 0.176. The van der Waals surface area contributed by atoms with Crippen molar-refractivity contribution in [3.8, 4) is 0 Å². The summed E-state index contributed by atoms with van der Waals surface area (Å²) in [6.07, 6.45) is 2.81. The van der Waals surface area contributed by atoms with E-state index in [2.05, 4.69) is 43.0 Å². The maximum absolute atomic E-state index is 5.67. The predicted octanol–water partition coefficient (Wildman–Crippen LogP) is 4.09. The van der Waals surface area contributed by atoms with E-state index < -0.39 is 0 Å². The van der Waals surface area contributed by atoms with Crippen LogP contribution >= 0.6 is 0 Å². The van der Waals surface area contributed by atoms with Crippen molar-refractivity contribution in [2.45, 2.75) is 13.0 Å². The molecule has 0 unspecified atom stereocenters. The summed E-state index contributed by atoms with van der Waals surface area (Å²) in [5.41, 5.74) is 3.67. The van der Waals surface area contributed by atoms with Gasteiger partial charge >= 0.3 is 0 Å². The minimum absolute atomic E-state index is 0.683. The van der Waals surface area contributed by atoms with Crippen molar-refractivity contribution in [3.63, 3.8) is 0 Å². The van der Waals surface area contributed by atoms with E-state index in [1.807, 2.05) is 24.3 Å². The Labute approximate surface area is 109 Å². The summed E-state index contributed by atoms with van der Waals surface area (Å²) in [6, 6.07) is 18.6. The molecule has 18 heavy (non-hydrogen) atoms. The van der Waals surface area contributed by atoms with E-state index in [0.29, 0.717) is 6.61 Å². The van der Waals surface area contributed by atoms with Crippen LogP contribution in [0.2, 0.25) is 0 Å². The van der Waals surface area contributed by atoms with Gasteiger partial charge in [0.15, 0.2) is 0 Å². The Hall–Kier alpha value is -1.86. The van der Waals surface area contributed by atoms with Crippen LogP contribution in [-0.2, 0) is 17.8 Å². The van der Waals surface area contributed by atoms with Crippen LogP contribution in [0.5, 0.6) is 0 Å². The maximum atomic E-state index is 5.67. The molecule has 0 spiro atoms. The minimum atomic E-state index is 0.683. The van der Waals surface area contributed by atoms with Gasteiger partial charge in [-0.25, -0.2) is 0 Å². The van der Waals surface area contributed by atoms with Crippen LogP contribution in [0, 0.1) is 0 Å². The highest BCUT2D eigenvalue weighted by atomic mass is 16.5. The third kappa shape index (κ3) is 3.86. The fourth-order valence-electron chi connectivity index (χ4n) is 1.83. The van der Waals surface area contributed by atoms with Crippen molar-refractivity contribution in [3.05, 3.63) is 77.9 Å². The molecule has 0 fully saturated rings. The van der Waals surface area contributed by atoms with E-state index in [1.165, 1.54) is 11.1 Å². The van der Waals surface area contributed by atoms with E-state index in [9.17, 15) is 0 Å². The zero-order chi connectivity index (χ0) is 12.6. The van der Waals surface area contributed by atoms with Crippen LogP contribution in [-0.4, -0.2) is 6.61 Å². The first-order valence-electron chi connectivity index (χ1n) is 6.21. The molecule has 0 bridgehead atoms. The number of benzene rings is 2. The van der Waals surface area contributed by atoms with Gasteiger partial charge in [-0.3, -0.25) is 0 Å². The number of hydrogen-bond acceptors (Lipinski definition) is 1. The summed E-state index contributed by atoms with van der Waals surface area (Å²) >= 11 is 0. The van der Waals surface area contributed by atoms with Crippen molar-refractivity contribution in [2.75, 3.05) is 6.61 Å². The van der Waals surface area contributed by atoms with Crippen LogP contribution in [0.3, 0.4) is 0 Å². The molecule has 2 rings (SSSR count). The van der Waals surface area contributed by atoms with Crippen LogP contribution < -0.4 is 0 Å². The SMILES string of the molecule is C=Cc1cccc(CCOCc2ccccc2)c1. The minimum Gasteiger partial charge on any atom is -0.376 e. The van der Waals surface area contributed by atoms with Gasteiger partial charge in [-0.2, -0.15) is 0 Å². The lowest BCUT2D eigenvalue weighted by Gasteiger charge is -2.05. The molecular formula is C17H18O. The molecule has 0 atom stereocenters. The smallest absolute Gasteiger partial charge is 0.0717 e. The molecule has 0 N–H and O–H groups in total. The topological polar surface area (TPSA) is 9.23 Å². The van der Waals surface area contributed by atoms with Crippen molar-refractivity contribution in [1.29, 1.82) is 0 Å². The molecule has 0 aliphatic rings. The Morgan fingerprint density at radius 2 is 1.72 bits per heavy atom. The first-order chi connectivity index (χ1) is 8.88. The predicted molar refractivity (Wildman–Crippen MR) is 76.3 cm³/mol. The fourth-order valence-corrected chi connectivity index (χ4v) is 1.83. The second-order valence-corrected chi connectivity index (χ2v) is 4.24. The Bertz CT molecular complexity index is 488. The summed E-state index contributed by atoms with van der Waals surface area (Å²) in [5.74, 6) is 0. The average Bonchev–Trinajstić information content (AvgIpc) is 2.45. The van der Waals surface area contributed by atoms with E-state index in [0.717, 1.165) is 18.6 Å². The molecule has 1 nitrogen and oxygen atoms in total. The van der Waals surface area contributed by atoms with Gasteiger partial charge in [0.2, 0.25) is 0 Å². The van der Waals surface area contributed by atoms with Crippen molar-refractivity contribution in [1.82, 2.24) is 0 Å². The molecule has 0 aromatic heterocycles. The third-order valence-corrected chi connectivity index (χ3v) is 2.83. The highest BCUT2D eigenvalue weighted by Gasteiger charge is 1.95.